The molecule has 7 rings (SSSR count). The van der Waals surface area contributed by atoms with E-state index in [9.17, 15) is 32.3 Å². The standard InChI is InChI=1S/C42H54F3N5O9S/c1-24-11-6-7-12-26-21-42(26,37(53)48-60(56,57)41(23-43)16-17-41)47-33(51)31-20-27(59-35-30-14-9-8-13-28(30)29-15-10-18-58-34(29)46-35)22-49(31)36(52)32(25(2)19-24)50(38(54)55)39(3,4)40(5,44)45/h7-9,12-14,24-27,31-32H,6,10-11,15-23H2,1-5H3,(H,47,51)(H,48,53)(H,54,55)/t24-,25-,26-,27-,31+,32+,42-/m1/s1. The summed E-state index contributed by atoms with van der Waals surface area (Å²) in [5.74, 6) is -7.48. The van der Waals surface area contributed by atoms with Crippen molar-refractivity contribution in [3.63, 3.8) is 0 Å². The first-order valence-electron chi connectivity index (χ1n) is 20.7. The quantitative estimate of drug-likeness (QED) is 0.271. The number of allylic oxidation sites excluding steroid dienone is 1. The molecule has 4 amide bonds. The van der Waals surface area contributed by atoms with Gasteiger partial charge in [-0.25, -0.2) is 26.4 Å². The molecule has 0 spiro atoms. The lowest BCUT2D eigenvalue weighted by atomic mass is 9.84. The molecule has 5 aliphatic rings. The van der Waals surface area contributed by atoms with E-state index < -0.39 is 92.3 Å². The van der Waals surface area contributed by atoms with Crippen LogP contribution in [-0.4, -0.2) is 112 Å². The predicted molar refractivity (Wildman–Crippen MR) is 214 cm³/mol. The summed E-state index contributed by atoms with van der Waals surface area (Å²) in [6.45, 7) is 5.19. The smallest absolute Gasteiger partial charge is 0.408 e. The van der Waals surface area contributed by atoms with E-state index in [-0.39, 0.29) is 50.4 Å². The Bertz CT molecular complexity index is 2200. The molecule has 0 bridgehead atoms. The number of amides is 4. The Hall–Kier alpha value is -4.61. The van der Waals surface area contributed by atoms with Gasteiger partial charge in [0.1, 0.15) is 40.7 Å². The number of hydrogen-bond donors (Lipinski definition) is 3. The van der Waals surface area contributed by atoms with Crippen LogP contribution in [0.3, 0.4) is 0 Å². The van der Waals surface area contributed by atoms with Crippen LogP contribution in [0.15, 0.2) is 36.4 Å². The van der Waals surface area contributed by atoms with Crippen molar-refractivity contribution in [1.29, 1.82) is 0 Å². The molecule has 0 radical (unpaired) electrons. The zero-order valence-electron chi connectivity index (χ0n) is 34.5. The average Bonchev–Trinajstić information content (AvgIpc) is 4.09. The summed E-state index contributed by atoms with van der Waals surface area (Å²) in [5.41, 5.74) is -3.27. The van der Waals surface area contributed by atoms with Gasteiger partial charge in [-0.15, -0.1) is 0 Å². The molecule has 0 unspecified atom stereocenters. The number of hydrogen-bond acceptors (Lipinski definition) is 9. The molecular formula is C42H54F3N5O9S. The third-order valence-corrected chi connectivity index (χ3v) is 15.5. The van der Waals surface area contributed by atoms with Crippen molar-refractivity contribution in [3.05, 3.63) is 42.0 Å². The maximum Gasteiger partial charge on any atom is 0.408 e. The fraction of sp³-hybridized carbons (Fsp3) is 0.643. The first kappa shape index (κ1) is 43.5. The number of carbonyl (C=O) groups excluding carboxylic acids is 3. The third-order valence-electron chi connectivity index (χ3n) is 13.4. The summed E-state index contributed by atoms with van der Waals surface area (Å²) in [5, 5.41) is 14.9. The molecule has 328 valence electrons. The second-order valence-electron chi connectivity index (χ2n) is 18.1. The number of ether oxygens (including phenoxy) is 2. The second kappa shape index (κ2) is 15.7. The van der Waals surface area contributed by atoms with Gasteiger partial charge in [0.05, 0.1) is 13.2 Å². The highest BCUT2D eigenvalue weighted by Crippen LogP contribution is 2.48. The lowest BCUT2D eigenvalue weighted by molar-refractivity contribution is -0.156. The number of benzene rings is 1. The van der Waals surface area contributed by atoms with Crippen molar-refractivity contribution in [2.45, 2.75) is 132 Å². The molecule has 7 atom stereocenters. The number of aromatic nitrogens is 1. The van der Waals surface area contributed by atoms with Gasteiger partial charge < -0.3 is 24.8 Å². The number of fused-ring (bicyclic) bond motifs is 5. The van der Waals surface area contributed by atoms with Gasteiger partial charge >= 0.3 is 6.09 Å². The Balaban J connectivity index is 1.30. The summed E-state index contributed by atoms with van der Waals surface area (Å²) in [4.78, 5) is 63.3. The molecule has 1 aromatic carbocycles. The van der Waals surface area contributed by atoms with Crippen LogP contribution in [-0.2, 0) is 30.8 Å². The minimum atomic E-state index is -4.48. The van der Waals surface area contributed by atoms with Gasteiger partial charge in [0.25, 0.3) is 11.8 Å². The van der Waals surface area contributed by atoms with E-state index in [4.69, 9.17) is 9.47 Å². The fourth-order valence-electron chi connectivity index (χ4n) is 9.11. The number of aryl methyl sites for hydroxylation is 1. The SMILES string of the molecule is C[C@@H]1CCC=C[C@@H]2C[C@@]2(C(=O)NS(=O)(=O)C2(CF)CC2)NC(=O)[C@@H]2C[C@@H](Oc3nc4c(c5ccccc35)CCCO4)CN2C(=O)[C@@H](N(C(=O)O)C(C)(C)C(C)(F)F)[C@H](C)C1. The van der Waals surface area contributed by atoms with Crippen LogP contribution in [0.5, 0.6) is 11.8 Å². The summed E-state index contributed by atoms with van der Waals surface area (Å²) in [6.07, 6.45) is 3.51. The van der Waals surface area contributed by atoms with Gasteiger partial charge in [-0.05, 0) is 88.5 Å². The molecule has 4 heterocycles. The molecule has 1 saturated heterocycles. The van der Waals surface area contributed by atoms with Gasteiger partial charge in [0.15, 0.2) is 0 Å². The number of halogens is 3. The highest BCUT2D eigenvalue weighted by Gasteiger charge is 2.64. The molecule has 1 aromatic heterocycles. The number of nitrogens with one attached hydrogen (secondary N) is 2. The lowest BCUT2D eigenvalue weighted by Gasteiger charge is -2.47. The van der Waals surface area contributed by atoms with Gasteiger partial charge in [0.2, 0.25) is 33.6 Å². The largest absolute Gasteiger partial charge is 0.477 e. The molecule has 18 heteroatoms. The maximum absolute atomic E-state index is 15.4. The topological polar surface area (TPSA) is 185 Å². The van der Waals surface area contributed by atoms with E-state index in [1.807, 2.05) is 42.0 Å². The zero-order valence-corrected chi connectivity index (χ0v) is 35.3. The van der Waals surface area contributed by atoms with Crippen molar-refractivity contribution >= 4 is 44.6 Å². The highest BCUT2D eigenvalue weighted by molar-refractivity contribution is 7.91. The van der Waals surface area contributed by atoms with Crippen LogP contribution in [0, 0.1) is 17.8 Å². The van der Waals surface area contributed by atoms with E-state index in [1.54, 1.807) is 13.0 Å². The predicted octanol–water partition coefficient (Wildman–Crippen LogP) is 5.53. The van der Waals surface area contributed by atoms with Crippen molar-refractivity contribution in [2.24, 2.45) is 17.8 Å². The highest BCUT2D eigenvalue weighted by atomic mass is 32.2. The third kappa shape index (κ3) is 7.76. The molecule has 2 aliphatic carbocycles. The van der Waals surface area contributed by atoms with Gasteiger partial charge in [-0.3, -0.25) is 24.0 Å². The minimum absolute atomic E-state index is 0.00657. The zero-order chi connectivity index (χ0) is 43.6. The number of sulfonamides is 1. The lowest BCUT2D eigenvalue weighted by Crippen LogP contribution is -2.66. The Morgan fingerprint density at radius 2 is 1.83 bits per heavy atom. The molecule has 60 heavy (non-hydrogen) atoms. The molecule has 2 saturated carbocycles. The summed E-state index contributed by atoms with van der Waals surface area (Å²) in [7, 11) is -4.48. The minimum Gasteiger partial charge on any atom is -0.477 e. The summed E-state index contributed by atoms with van der Waals surface area (Å²) >= 11 is 0. The Labute approximate surface area is 347 Å². The molecule has 3 N–H and O–H groups in total. The molecular weight excluding hydrogens is 808 g/mol. The fourth-order valence-corrected chi connectivity index (χ4v) is 10.5. The summed E-state index contributed by atoms with van der Waals surface area (Å²) in [6, 6.07) is 4.28. The number of rotatable bonds is 9. The van der Waals surface area contributed by atoms with E-state index in [0.29, 0.717) is 42.5 Å². The Kier molecular flexibility index (Phi) is 11.4. The van der Waals surface area contributed by atoms with E-state index in [0.717, 1.165) is 42.5 Å². The molecule has 14 nitrogen and oxygen atoms in total. The van der Waals surface area contributed by atoms with E-state index >= 15 is 13.6 Å². The number of carbonyl (C=O) groups is 4. The Morgan fingerprint density at radius 3 is 2.48 bits per heavy atom. The van der Waals surface area contributed by atoms with E-state index in [1.165, 1.54) is 0 Å². The number of nitrogens with zero attached hydrogens (tertiary/aromatic N) is 3. The average molecular weight is 862 g/mol. The second-order valence-corrected chi connectivity index (χ2v) is 20.1. The van der Waals surface area contributed by atoms with Crippen molar-refractivity contribution in [1.82, 2.24) is 24.8 Å². The van der Waals surface area contributed by atoms with Crippen LogP contribution in [0.4, 0.5) is 18.0 Å². The van der Waals surface area contributed by atoms with Crippen molar-refractivity contribution in [3.8, 4) is 11.8 Å². The van der Waals surface area contributed by atoms with Crippen LogP contribution >= 0.6 is 0 Å². The monoisotopic (exact) mass is 861 g/mol. The van der Waals surface area contributed by atoms with Crippen LogP contribution in [0.25, 0.3) is 10.8 Å². The number of alkyl halides is 3. The Morgan fingerprint density at radius 1 is 1.13 bits per heavy atom. The normalized spacial score (nSPS) is 29.4. The van der Waals surface area contributed by atoms with Crippen LogP contribution in [0.2, 0.25) is 0 Å². The first-order chi connectivity index (χ1) is 28.2. The molecule has 3 fully saturated rings. The van der Waals surface area contributed by atoms with Crippen LogP contribution < -0.4 is 19.5 Å². The van der Waals surface area contributed by atoms with Crippen molar-refractivity contribution in [2.75, 3.05) is 19.8 Å². The van der Waals surface area contributed by atoms with Gasteiger partial charge in [-0.2, -0.15) is 4.98 Å². The summed E-state index contributed by atoms with van der Waals surface area (Å²) < 4.78 is 83.9. The van der Waals surface area contributed by atoms with E-state index in [2.05, 4.69) is 10.3 Å². The number of pyridine rings is 1. The van der Waals surface area contributed by atoms with Crippen LogP contribution in [0.1, 0.15) is 91.5 Å². The molecule has 2 aromatic rings. The number of carboxylic acid groups (broad SMARTS) is 1. The first-order valence-corrected chi connectivity index (χ1v) is 22.2. The van der Waals surface area contributed by atoms with Gasteiger partial charge in [0, 0.05) is 30.2 Å². The molecule has 3 aliphatic heterocycles. The van der Waals surface area contributed by atoms with Gasteiger partial charge in [-0.1, -0.05) is 44.2 Å². The van der Waals surface area contributed by atoms with Crippen molar-refractivity contribution < 1.29 is 55.3 Å². The maximum atomic E-state index is 15.4.